The number of rotatable bonds is 5. The van der Waals surface area contributed by atoms with Crippen LogP contribution in [0.15, 0.2) is 18.2 Å². The molecule has 104 valence electrons. The van der Waals surface area contributed by atoms with E-state index in [4.69, 9.17) is 22.7 Å². The van der Waals surface area contributed by atoms with Gasteiger partial charge in [0.1, 0.15) is 10.8 Å². The summed E-state index contributed by atoms with van der Waals surface area (Å²) in [6.07, 6.45) is 0. The van der Waals surface area contributed by atoms with Crippen LogP contribution in [-0.4, -0.2) is 49.3 Å². The fourth-order valence-corrected chi connectivity index (χ4v) is 2.11. The molecule has 1 aromatic carbocycles. The van der Waals surface area contributed by atoms with E-state index in [2.05, 4.69) is 10.2 Å². The summed E-state index contributed by atoms with van der Waals surface area (Å²) in [5, 5.41) is 3.08. The van der Waals surface area contributed by atoms with Crippen molar-refractivity contribution < 1.29 is 9.13 Å². The molecule has 0 unspecified atom stereocenters. The first-order valence-corrected chi connectivity index (χ1v) is 6.71. The Balaban J connectivity index is 1.83. The first-order valence-electron chi connectivity index (χ1n) is 6.30. The molecule has 1 aromatic rings. The lowest BCUT2D eigenvalue weighted by Crippen LogP contribution is -2.39. The number of nitrogens with zero attached hydrogens (tertiary/aromatic N) is 1. The van der Waals surface area contributed by atoms with E-state index in [-0.39, 0.29) is 10.8 Å². The second-order valence-electron chi connectivity index (χ2n) is 4.44. The number of morpholine rings is 1. The van der Waals surface area contributed by atoms with Crippen LogP contribution >= 0.6 is 12.2 Å². The van der Waals surface area contributed by atoms with Crippen LogP contribution in [0.25, 0.3) is 0 Å². The lowest BCUT2D eigenvalue weighted by atomic mass is 10.2. The molecular weight excluding hydrogens is 265 g/mol. The molecule has 0 bridgehead atoms. The van der Waals surface area contributed by atoms with Gasteiger partial charge in [0.2, 0.25) is 0 Å². The maximum atomic E-state index is 13.8. The molecule has 3 N–H and O–H groups in total. The highest BCUT2D eigenvalue weighted by Gasteiger charge is 2.10. The quantitative estimate of drug-likeness (QED) is 0.795. The van der Waals surface area contributed by atoms with Crippen LogP contribution in [0.5, 0.6) is 0 Å². The summed E-state index contributed by atoms with van der Waals surface area (Å²) >= 11 is 4.81. The Labute approximate surface area is 117 Å². The molecule has 4 nitrogen and oxygen atoms in total. The number of ether oxygens (including phenoxy) is 1. The number of nitrogens with one attached hydrogen (secondary N) is 1. The normalized spacial score (nSPS) is 16.3. The molecule has 6 heteroatoms. The Morgan fingerprint density at radius 2 is 2.16 bits per heavy atom. The minimum Gasteiger partial charge on any atom is -0.389 e. The van der Waals surface area contributed by atoms with Gasteiger partial charge in [-0.05, 0) is 18.2 Å². The maximum Gasteiger partial charge on any atom is 0.146 e. The number of anilines is 1. The third kappa shape index (κ3) is 4.12. The summed E-state index contributed by atoms with van der Waals surface area (Å²) < 4.78 is 19.0. The van der Waals surface area contributed by atoms with Gasteiger partial charge in [-0.25, -0.2) is 4.39 Å². The Hall–Kier alpha value is -1.24. The lowest BCUT2D eigenvalue weighted by Gasteiger charge is -2.26. The highest BCUT2D eigenvalue weighted by atomic mass is 32.1. The summed E-state index contributed by atoms with van der Waals surface area (Å²) in [6, 6.07) is 4.75. The minimum absolute atomic E-state index is 0.207. The van der Waals surface area contributed by atoms with Gasteiger partial charge in [-0.15, -0.1) is 0 Å². The number of halogens is 1. The van der Waals surface area contributed by atoms with E-state index in [0.29, 0.717) is 17.8 Å². The van der Waals surface area contributed by atoms with Crippen molar-refractivity contribution >= 4 is 22.9 Å². The predicted octanol–water partition coefficient (Wildman–Crippen LogP) is 1.20. The summed E-state index contributed by atoms with van der Waals surface area (Å²) in [7, 11) is 0. The summed E-state index contributed by atoms with van der Waals surface area (Å²) in [5.41, 5.74) is 6.48. The SMILES string of the molecule is NC(=S)c1ccc(NCCN2CCOCC2)c(F)c1. The molecule has 0 aliphatic carbocycles. The maximum absolute atomic E-state index is 13.8. The summed E-state index contributed by atoms with van der Waals surface area (Å²) in [5.74, 6) is -0.327. The van der Waals surface area contributed by atoms with Gasteiger partial charge in [0.15, 0.2) is 0 Å². The van der Waals surface area contributed by atoms with Crippen molar-refractivity contribution in [2.45, 2.75) is 0 Å². The second kappa shape index (κ2) is 6.79. The third-order valence-electron chi connectivity index (χ3n) is 3.10. The Morgan fingerprint density at radius 3 is 2.79 bits per heavy atom. The molecule has 0 spiro atoms. The first-order chi connectivity index (χ1) is 9.16. The number of hydrogen-bond donors (Lipinski definition) is 2. The summed E-state index contributed by atoms with van der Waals surface area (Å²) in [6.45, 7) is 4.99. The van der Waals surface area contributed by atoms with Crippen molar-refractivity contribution in [1.29, 1.82) is 0 Å². The molecule has 1 aliphatic heterocycles. The zero-order valence-corrected chi connectivity index (χ0v) is 11.5. The van der Waals surface area contributed by atoms with Gasteiger partial charge in [0.05, 0.1) is 18.9 Å². The highest BCUT2D eigenvalue weighted by Crippen LogP contribution is 2.15. The zero-order chi connectivity index (χ0) is 13.7. The van der Waals surface area contributed by atoms with Gasteiger partial charge < -0.3 is 15.8 Å². The molecule has 1 fully saturated rings. The number of benzene rings is 1. The van der Waals surface area contributed by atoms with Crippen LogP contribution in [0.3, 0.4) is 0 Å². The molecule has 1 aliphatic rings. The smallest absolute Gasteiger partial charge is 0.146 e. The van der Waals surface area contributed by atoms with E-state index in [1.807, 2.05) is 0 Å². The van der Waals surface area contributed by atoms with E-state index in [1.165, 1.54) is 6.07 Å². The van der Waals surface area contributed by atoms with Crippen LogP contribution in [0.2, 0.25) is 0 Å². The monoisotopic (exact) mass is 283 g/mol. The molecule has 1 heterocycles. The van der Waals surface area contributed by atoms with E-state index in [9.17, 15) is 4.39 Å². The molecular formula is C13H18FN3OS. The predicted molar refractivity (Wildman–Crippen MR) is 78.0 cm³/mol. The number of hydrogen-bond acceptors (Lipinski definition) is 4. The van der Waals surface area contributed by atoms with Gasteiger partial charge in [0.25, 0.3) is 0 Å². The van der Waals surface area contributed by atoms with Gasteiger partial charge in [-0.3, -0.25) is 4.90 Å². The molecule has 2 rings (SSSR count). The average Bonchev–Trinajstić information content (AvgIpc) is 2.41. The van der Waals surface area contributed by atoms with E-state index in [1.54, 1.807) is 12.1 Å². The van der Waals surface area contributed by atoms with Gasteiger partial charge in [-0.2, -0.15) is 0 Å². The van der Waals surface area contributed by atoms with E-state index >= 15 is 0 Å². The van der Waals surface area contributed by atoms with Crippen LogP contribution in [0.1, 0.15) is 5.56 Å². The number of thiocarbonyl (C=S) groups is 1. The van der Waals surface area contributed by atoms with Crippen LogP contribution < -0.4 is 11.1 Å². The van der Waals surface area contributed by atoms with Gasteiger partial charge >= 0.3 is 0 Å². The van der Waals surface area contributed by atoms with Gasteiger partial charge in [-0.1, -0.05) is 12.2 Å². The molecule has 1 saturated heterocycles. The molecule has 0 radical (unpaired) electrons. The minimum atomic E-state index is -0.327. The molecule has 19 heavy (non-hydrogen) atoms. The van der Waals surface area contributed by atoms with Crippen LogP contribution in [0, 0.1) is 5.82 Å². The highest BCUT2D eigenvalue weighted by molar-refractivity contribution is 7.80. The van der Waals surface area contributed by atoms with Crippen LogP contribution in [0.4, 0.5) is 10.1 Å². The van der Waals surface area contributed by atoms with Crippen molar-refractivity contribution in [3.8, 4) is 0 Å². The van der Waals surface area contributed by atoms with Crippen molar-refractivity contribution in [3.63, 3.8) is 0 Å². The molecule has 0 saturated carbocycles. The van der Waals surface area contributed by atoms with Crippen molar-refractivity contribution in [2.75, 3.05) is 44.7 Å². The van der Waals surface area contributed by atoms with Crippen molar-refractivity contribution in [2.24, 2.45) is 5.73 Å². The van der Waals surface area contributed by atoms with Crippen molar-refractivity contribution in [1.82, 2.24) is 4.90 Å². The fraction of sp³-hybridized carbons (Fsp3) is 0.462. The second-order valence-corrected chi connectivity index (χ2v) is 4.88. The average molecular weight is 283 g/mol. The number of nitrogens with two attached hydrogens (primary N) is 1. The molecule has 0 aromatic heterocycles. The first kappa shape index (κ1) is 14.2. The Bertz CT molecular complexity index is 450. The van der Waals surface area contributed by atoms with Crippen molar-refractivity contribution in [3.05, 3.63) is 29.6 Å². The largest absolute Gasteiger partial charge is 0.389 e. The van der Waals surface area contributed by atoms with Gasteiger partial charge in [0, 0.05) is 31.7 Å². The zero-order valence-electron chi connectivity index (χ0n) is 10.7. The fourth-order valence-electron chi connectivity index (χ4n) is 1.99. The van der Waals surface area contributed by atoms with Crippen LogP contribution in [-0.2, 0) is 4.74 Å². The van der Waals surface area contributed by atoms with E-state index < -0.39 is 0 Å². The lowest BCUT2D eigenvalue weighted by molar-refractivity contribution is 0.0398. The Kier molecular flexibility index (Phi) is 5.07. The summed E-state index contributed by atoms with van der Waals surface area (Å²) in [4.78, 5) is 2.50. The molecule has 0 atom stereocenters. The van der Waals surface area contributed by atoms with E-state index in [0.717, 1.165) is 32.8 Å². The standard InChI is InChI=1S/C13H18FN3OS/c14-11-9-10(13(15)19)1-2-12(11)16-3-4-17-5-7-18-8-6-17/h1-2,9,16H,3-8H2,(H2,15,19). The topological polar surface area (TPSA) is 50.5 Å². The molecule has 0 amide bonds. The third-order valence-corrected chi connectivity index (χ3v) is 3.34. The Morgan fingerprint density at radius 1 is 1.42 bits per heavy atom.